The molecular formula is C16H18ClN3S. The highest BCUT2D eigenvalue weighted by Crippen LogP contribution is 2.25. The number of alkyl halides is 1. The van der Waals surface area contributed by atoms with E-state index < -0.39 is 0 Å². The minimum Gasteiger partial charge on any atom is -0.309 e. The molecule has 0 N–H and O–H groups in total. The molecule has 0 saturated carbocycles. The predicted octanol–water partition coefficient (Wildman–Crippen LogP) is 4.39. The number of hydrogen-bond donors (Lipinski definition) is 0. The highest BCUT2D eigenvalue weighted by Gasteiger charge is 2.17. The summed E-state index contributed by atoms with van der Waals surface area (Å²) >= 11 is 7.74. The van der Waals surface area contributed by atoms with E-state index in [1.54, 1.807) is 11.3 Å². The molecule has 0 fully saturated rings. The van der Waals surface area contributed by atoms with E-state index in [2.05, 4.69) is 40.1 Å². The van der Waals surface area contributed by atoms with Crippen LogP contribution in [0.5, 0.6) is 0 Å². The van der Waals surface area contributed by atoms with Crippen molar-refractivity contribution in [2.75, 3.05) is 5.88 Å². The lowest BCUT2D eigenvalue weighted by molar-refractivity contribution is 0.538. The van der Waals surface area contributed by atoms with Gasteiger partial charge in [-0.3, -0.25) is 0 Å². The van der Waals surface area contributed by atoms with Crippen molar-refractivity contribution in [3.05, 3.63) is 46.0 Å². The monoisotopic (exact) mass is 319 g/mol. The summed E-state index contributed by atoms with van der Waals surface area (Å²) in [5.74, 6) is 1.61. The van der Waals surface area contributed by atoms with Crippen LogP contribution in [0.1, 0.15) is 29.2 Å². The lowest BCUT2D eigenvalue weighted by Gasteiger charge is -2.16. The van der Waals surface area contributed by atoms with E-state index >= 15 is 0 Å². The fourth-order valence-corrected chi connectivity index (χ4v) is 3.66. The van der Waals surface area contributed by atoms with Crippen molar-refractivity contribution < 1.29 is 0 Å². The molecule has 0 saturated heterocycles. The van der Waals surface area contributed by atoms with Crippen LogP contribution in [0.3, 0.4) is 0 Å². The summed E-state index contributed by atoms with van der Waals surface area (Å²) in [4.78, 5) is 10.7. The molecule has 0 aliphatic rings. The average molecular weight is 320 g/mol. The molecule has 0 spiro atoms. The van der Waals surface area contributed by atoms with E-state index in [1.165, 1.54) is 4.88 Å². The third-order valence-corrected chi connectivity index (χ3v) is 4.66. The molecule has 3 aromatic rings. The predicted molar refractivity (Wildman–Crippen MR) is 89.4 cm³/mol. The minimum atomic E-state index is 0.321. The van der Waals surface area contributed by atoms with Gasteiger partial charge in [0.1, 0.15) is 11.3 Å². The van der Waals surface area contributed by atoms with Gasteiger partial charge in [0, 0.05) is 35.8 Å². The maximum absolute atomic E-state index is 5.94. The first kappa shape index (κ1) is 14.5. The van der Waals surface area contributed by atoms with Crippen LogP contribution in [0.15, 0.2) is 29.8 Å². The molecule has 3 aromatic heterocycles. The molecule has 5 heteroatoms. The second-order valence-corrected chi connectivity index (χ2v) is 6.74. The molecule has 0 aliphatic carbocycles. The second kappa shape index (κ2) is 6.16. The Morgan fingerprint density at radius 2 is 2.29 bits per heavy atom. The Bertz CT molecular complexity index is 733. The molecule has 0 bridgehead atoms. The van der Waals surface area contributed by atoms with E-state index in [0.717, 1.165) is 35.4 Å². The van der Waals surface area contributed by atoms with Crippen LogP contribution in [0, 0.1) is 6.92 Å². The van der Waals surface area contributed by atoms with Gasteiger partial charge in [-0.25, -0.2) is 9.97 Å². The largest absolute Gasteiger partial charge is 0.309 e. The number of hydrogen-bond acceptors (Lipinski definition) is 3. The van der Waals surface area contributed by atoms with E-state index in [9.17, 15) is 0 Å². The molecule has 1 unspecified atom stereocenters. The van der Waals surface area contributed by atoms with Crippen LogP contribution in [0.2, 0.25) is 0 Å². The van der Waals surface area contributed by atoms with E-state index in [-0.39, 0.29) is 0 Å². The summed E-state index contributed by atoms with van der Waals surface area (Å²) in [6.45, 7) is 4.27. The number of imidazole rings is 1. The first-order valence-corrected chi connectivity index (χ1v) is 8.52. The number of nitrogens with zero attached hydrogens (tertiary/aromatic N) is 3. The van der Waals surface area contributed by atoms with E-state index in [4.69, 9.17) is 16.6 Å². The minimum absolute atomic E-state index is 0.321. The van der Waals surface area contributed by atoms with Crippen LogP contribution in [-0.4, -0.2) is 20.4 Å². The van der Waals surface area contributed by atoms with Crippen LogP contribution >= 0.6 is 22.9 Å². The molecule has 0 aromatic carbocycles. The van der Waals surface area contributed by atoms with Gasteiger partial charge in [-0.05, 0) is 36.9 Å². The number of pyridine rings is 1. The average Bonchev–Trinajstić information content (AvgIpc) is 3.05. The molecule has 3 rings (SSSR count). The zero-order chi connectivity index (χ0) is 14.8. The van der Waals surface area contributed by atoms with Crippen molar-refractivity contribution in [3.8, 4) is 0 Å². The summed E-state index contributed by atoms with van der Waals surface area (Å²) in [6.07, 6.45) is 3.67. The van der Waals surface area contributed by atoms with Gasteiger partial charge in [0.25, 0.3) is 0 Å². The Labute approximate surface area is 133 Å². The SMILES string of the molecule is Cc1cnc2c(c1)nc(CCCl)n2C(C)Cc1cccs1. The van der Waals surface area contributed by atoms with Crippen molar-refractivity contribution in [2.45, 2.75) is 32.7 Å². The number of halogens is 1. The smallest absolute Gasteiger partial charge is 0.160 e. The van der Waals surface area contributed by atoms with E-state index in [0.29, 0.717) is 11.9 Å². The molecule has 0 amide bonds. The molecule has 3 nitrogen and oxygen atoms in total. The zero-order valence-corrected chi connectivity index (χ0v) is 13.8. The first-order chi connectivity index (χ1) is 10.2. The summed E-state index contributed by atoms with van der Waals surface area (Å²) < 4.78 is 2.25. The molecule has 0 aliphatic heterocycles. The van der Waals surface area contributed by atoms with Crippen molar-refractivity contribution in [1.82, 2.24) is 14.5 Å². The van der Waals surface area contributed by atoms with Gasteiger partial charge in [0.15, 0.2) is 5.65 Å². The number of fused-ring (bicyclic) bond motifs is 1. The molecule has 1 atom stereocenters. The number of aryl methyl sites for hydroxylation is 2. The summed E-state index contributed by atoms with van der Waals surface area (Å²) in [7, 11) is 0. The van der Waals surface area contributed by atoms with Gasteiger partial charge in [0.2, 0.25) is 0 Å². The Morgan fingerprint density at radius 3 is 3.00 bits per heavy atom. The van der Waals surface area contributed by atoms with Gasteiger partial charge in [-0.1, -0.05) is 6.07 Å². The quantitative estimate of drug-likeness (QED) is 0.653. The molecule has 21 heavy (non-hydrogen) atoms. The lowest BCUT2D eigenvalue weighted by atomic mass is 10.2. The molecule has 3 heterocycles. The second-order valence-electron chi connectivity index (χ2n) is 5.32. The van der Waals surface area contributed by atoms with Crippen LogP contribution in [-0.2, 0) is 12.8 Å². The summed E-state index contributed by atoms with van der Waals surface area (Å²) in [5, 5.41) is 2.12. The Hall–Kier alpha value is -1.39. The number of aromatic nitrogens is 3. The normalized spacial score (nSPS) is 12.9. The third-order valence-electron chi connectivity index (χ3n) is 3.58. The van der Waals surface area contributed by atoms with Gasteiger partial charge in [-0.15, -0.1) is 22.9 Å². The fraction of sp³-hybridized carbons (Fsp3) is 0.375. The topological polar surface area (TPSA) is 30.7 Å². The van der Waals surface area contributed by atoms with Crippen molar-refractivity contribution in [1.29, 1.82) is 0 Å². The molecular weight excluding hydrogens is 302 g/mol. The third kappa shape index (κ3) is 2.97. The maximum Gasteiger partial charge on any atom is 0.160 e. The molecule has 0 radical (unpaired) electrons. The van der Waals surface area contributed by atoms with Crippen molar-refractivity contribution >= 4 is 34.1 Å². The van der Waals surface area contributed by atoms with Crippen LogP contribution in [0.25, 0.3) is 11.2 Å². The highest BCUT2D eigenvalue weighted by molar-refractivity contribution is 7.09. The fourth-order valence-electron chi connectivity index (χ4n) is 2.66. The summed E-state index contributed by atoms with van der Waals surface area (Å²) in [6, 6.07) is 6.69. The Morgan fingerprint density at radius 1 is 1.43 bits per heavy atom. The van der Waals surface area contributed by atoms with Gasteiger partial charge in [-0.2, -0.15) is 0 Å². The van der Waals surface area contributed by atoms with Gasteiger partial charge >= 0.3 is 0 Å². The Balaban J connectivity index is 2.03. The van der Waals surface area contributed by atoms with Gasteiger partial charge < -0.3 is 4.57 Å². The van der Waals surface area contributed by atoms with Crippen LogP contribution < -0.4 is 0 Å². The lowest BCUT2D eigenvalue weighted by Crippen LogP contribution is -2.12. The van der Waals surface area contributed by atoms with Crippen molar-refractivity contribution in [3.63, 3.8) is 0 Å². The molecule has 110 valence electrons. The standard InChI is InChI=1S/C16H18ClN3S/c1-11-8-14-16(18-10-11)20(15(19-14)5-6-17)12(2)9-13-4-3-7-21-13/h3-4,7-8,10,12H,5-6,9H2,1-2H3. The zero-order valence-electron chi connectivity index (χ0n) is 12.2. The summed E-state index contributed by atoms with van der Waals surface area (Å²) in [5.41, 5.74) is 3.06. The van der Waals surface area contributed by atoms with E-state index in [1.807, 2.05) is 13.1 Å². The van der Waals surface area contributed by atoms with Crippen LogP contribution in [0.4, 0.5) is 0 Å². The number of thiophene rings is 1. The van der Waals surface area contributed by atoms with Gasteiger partial charge in [0.05, 0.1) is 0 Å². The Kier molecular flexibility index (Phi) is 4.27. The van der Waals surface area contributed by atoms with Crippen molar-refractivity contribution in [2.24, 2.45) is 0 Å². The highest BCUT2D eigenvalue weighted by atomic mass is 35.5. The maximum atomic E-state index is 5.94. The first-order valence-electron chi connectivity index (χ1n) is 7.11. The number of rotatable bonds is 5.